The van der Waals surface area contributed by atoms with E-state index < -0.39 is 0 Å². The minimum absolute atomic E-state index is 0.0868. The van der Waals surface area contributed by atoms with Crippen molar-refractivity contribution in [3.05, 3.63) is 57.9 Å². The molecule has 128 valence electrons. The van der Waals surface area contributed by atoms with Crippen LogP contribution in [0.1, 0.15) is 61.3 Å². The van der Waals surface area contributed by atoms with Crippen LogP contribution in [0.5, 0.6) is 0 Å². The van der Waals surface area contributed by atoms with Gasteiger partial charge in [0.15, 0.2) is 5.69 Å². The zero-order valence-electron chi connectivity index (χ0n) is 16.1. The average molecular weight is 339 g/mol. The number of imidazole rings is 1. The molecule has 2 heteroatoms. The van der Waals surface area contributed by atoms with Gasteiger partial charge < -0.3 is 0 Å². The quantitative estimate of drug-likeness (QED) is 0.281. The highest BCUT2D eigenvalue weighted by Gasteiger charge is 2.53. The van der Waals surface area contributed by atoms with Crippen molar-refractivity contribution in [2.75, 3.05) is 0 Å². The van der Waals surface area contributed by atoms with Crippen LogP contribution < -0.4 is 4.40 Å². The van der Waals surface area contributed by atoms with Crippen LogP contribution in [0.25, 0.3) is 27.3 Å². The van der Waals surface area contributed by atoms with Gasteiger partial charge in [0, 0.05) is 39.7 Å². The van der Waals surface area contributed by atoms with Gasteiger partial charge in [-0.1, -0.05) is 52.0 Å². The van der Waals surface area contributed by atoms with E-state index in [9.17, 15) is 0 Å². The third-order valence-electron chi connectivity index (χ3n) is 8.32. The van der Waals surface area contributed by atoms with E-state index in [-0.39, 0.29) is 10.8 Å². The fourth-order valence-corrected chi connectivity index (χ4v) is 6.38. The molecule has 4 aromatic rings. The molecule has 7 rings (SSSR count). The Labute approximate surface area is 153 Å². The lowest BCUT2D eigenvalue weighted by Gasteiger charge is -2.43. The van der Waals surface area contributed by atoms with Crippen molar-refractivity contribution in [2.45, 2.75) is 58.4 Å². The monoisotopic (exact) mass is 339 g/mol. The summed E-state index contributed by atoms with van der Waals surface area (Å²) in [4.78, 5) is 0. The second kappa shape index (κ2) is 3.55. The third-order valence-corrected chi connectivity index (χ3v) is 8.32. The van der Waals surface area contributed by atoms with Crippen molar-refractivity contribution in [3.8, 4) is 0 Å². The second-order valence-corrected chi connectivity index (χ2v) is 9.74. The molecular formula is C24H23N2+. The van der Waals surface area contributed by atoms with Crippen molar-refractivity contribution >= 4 is 27.3 Å². The summed E-state index contributed by atoms with van der Waals surface area (Å²) in [5.74, 6) is 0. The summed E-state index contributed by atoms with van der Waals surface area (Å²) < 4.78 is 5.24. The summed E-state index contributed by atoms with van der Waals surface area (Å²) in [6.45, 7) is 13.1. The van der Waals surface area contributed by atoms with Gasteiger partial charge in [0.05, 0.1) is 5.39 Å². The van der Waals surface area contributed by atoms with Gasteiger partial charge in [0.25, 0.3) is 5.65 Å². The molecule has 2 aromatic carbocycles. The number of aromatic nitrogens is 2. The predicted octanol–water partition coefficient (Wildman–Crippen LogP) is 4.68. The molecular weight excluding hydrogens is 316 g/mol. The number of rotatable bonds is 0. The minimum Gasteiger partial charge on any atom is -0.222 e. The summed E-state index contributed by atoms with van der Waals surface area (Å²) in [5.41, 5.74) is 12.2. The van der Waals surface area contributed by atoms with Gasteiger partial charge in [0.1, 0.15) is 17.8 Å². The molecule has 0 unspecified atom stereocenters. The molecule has 0 N–H and O–H groups in total. The Bertz CT molecular complexity index is 1380. The largest absolute Gasteiger partial charge is 0.295 e. The van der Waals surface area contributed by atoms with E-state index >= 15 is 0 Å². The summed E-state index contributed by atoms with van der Waals surface area (Å²) in [6, 6.07) is 9.60. The standard InChI is InChI=1S/C24H23N2/c1-12-21-24(4,5)23(2,3)16-9-8-14-10-13-6-7-15-11-25(12)22-19(15)17(13)18(14)20(16)26(21)22/h6-9H,10-11H2,1-5H3/q+1. The number of pyridine rings is 1. The highest BCUT2D eigenvalue weighted by atomic mass is 15.2. The van der Waals surface area contributed by atoms with E-state index in [4.69, 9.17) is 0 Å². The van der Waals surface area contributed by atoms with Crippen molar-refractivity contribution in [1.82, 2.24) is 4.57 Å². The first kappa shape index (κ1) is 13.8. The maximum Gasteiger partial charge on any atom is 0.295 e. The Morgan fingerprint density at radius 2 is 1.54 bits per heavy atom. The first-order valence-electron chi connectivity index (χ1n) is 9.82. The first-order chi connectivity index (χ1) is 12.3. The molecule has 2 aromatic heterocycles. The van der Waals surface area contributed by atoms with Crippen molar-refractivity contribution in [1.29, 1.82) is 0 Å². The van der Waals surface area contributed by atoms with Crippen molar-refractivity contribution < 1.29 is 4.40 Å². The smallest absolute Gasteiger partial charge is 0.222 e. The van der Waals surface area contributed by atoms with Gasteiger partial charge in [-0.2, -0.15) is 4.40 Å². The normalized spacial score (nSPS) is 20.0. The van der Waals surface area contributed by atoms with Gasteiger partial charge in [-0.3, -0.25) is 0 Å². The fraction of sp³-hybridized carbons (Fsp3) is 0.375. The van der Waals surface area contributed by atoms with E-state index in [1.807, 2.05) is 0 Å². The van der Waals surface area contributed by atoms with Gasteiger partial charge in [-0.25, -0.2) is 4.57 Å². The number of hydrogen-bond donors (Lipinski definition) is 0. The molecule has 0 bridgehead atoms. The lowest BCUT2D eigenvalue weighted by atomic mass is 9.60. The highest BCUT2D eigenvalue weighted by Crippen LogP contribution is 2.53. The molecule has 4 heterocycles. The Kier molecular flexibility index (Phi) is 1.89. The van der Waals surface area contributed by atoms with Crippen molar-refractivity contribution in [3.63, 3.8) is 0 Å². The van der Waals surface area contributed by atoms with E-state index in [0.717, 1.165) is 13.0 Å². The van der Waals surface area contributed by atoms with Crippen LogP contribution in [0.3, 0.4) is 0 Å². The van der Waals surface area contributed by atoms with Gasteiger partial charge >= 0.3 is 0 Å². The Morgan fingerprint density at radius 3 is 2.35 bits per heavy atom. The molecule has 0 fully saturated rings. The Balaban J connectivity index is 1.96. The molecule has 3 aliphatic rings. The van der Waals surface area contributed by atoms with Crippen LogP contribution in [-0.4, -0.2) is 4.57 Å². The number of benzene rings is 2. The second-order valence-electron chi connectivity index (χ2n) is 9.74. The van der Waals surface area contributed by atoms with Crippen LogP contribution in [0.15, 0.2) is 24.3 Å². The lowest BCUT2D eigenvalue weighted by molar-refractivity contribution is -0.500. The van der Waals surface area contributed by atoms with Crippen LogP contribution in [0, 0.1) is 6.92 Å². The maximum absolute atomic E-state index is 2.66. The highest BCUT2D eigenvalue weighted by molar-refractivity contribution is 6.17. The first-order valence-corrected chi connectivity index (χ1v) is 9.82. The summed E-state index contributed by atoms with van der Waals surface area (Å²) >= 11 is 0. The third kappa shape index (κ3) is 1.08. The van der Waals surface area contributed by atoms with Crippen LogP contribution in [0.2, 0.25) is 0 Å². The SMILES string of the molecule is Cc1c2[n+]3c4c(ccc5c4c4c(ccc6c4c3n1C6)C5)C(C)(C)C2(C)C. The molecule has 0 saturated carbocycles. The van der Waals surface area contributed by atoms with E-state index in [2.05, 4.69) is 67.9 Å². The Morgan fingerprint density at radius 1 is 0.846 bits per heavy atom. The fourth-order valence-electron chi connectivity index (χ4n) is 6.38. The van der Waals surface area contributed by atoms with Crippen LogP contribution >= 0.6 is 0 Å². The topological polar surface area (TPSA) is 9.03 Å². The van der Waals surface area contributed by atoms with Crippen molar-refractivity contribution in [2.24, 2.45) is 0 Å². The zero-order valence-corrected chi connectivity index (χ0v) is 16.1. The Hall–Kier alpha value is -2.35. The van der Waals surface area contributed by atoms with Crippen LogP contribution in [0.4, 0.5) is 0 Å². The molecule has 26 heavy (non-hydrogen) atoms. The summed E-state index contributed by atoms with van der Waals surface area (Å²) in [7, 11) is 0. The van der Waals surface area contributed by atoms with E-state index in [0.29, 0.717) is 0 Å². The molecule has 0 radical (unpaired) electrons. The molecule has 2 nitrogen and oxygen atoms in total. The van der Waals surface area contributed by atoms with Crippen LogP contribution in [-0.2, 0) is 23.8 Å². The molecule has 0 saturated heterocycles. The van der Waals surface area contributed by atoms with E-state index in [1.165, 1.54) is 55.6 Å². The summed E-state index contributed by atoms with van der Waals surface area (Å²) in [5, 5.41) is 4.61. The summed E-state index contributed by atoms with van der Waals surface area (Å²) in [6.07, 6.45) is 1.09. The molecule has 2 aliphatic heterocycles. The molecule has 0 spiro atoms. The van der Waals surface area contributed by atoms with E-state index in [1.54, 1.807) is 5.39 Å². The average Bonchev–Trinajstić information content (AvgIpc) is 3.22. The predicted molar refractivity (Wildman–Crippen MR) is 105 cm³/mol. The lowest BCUT2D eigenvalue weighted by Crippen LogP contribution is -2.51. The maximum atomic E-state index is 2.66. The molecule has 0 atom stereocenters. The number of nitrogens with zero attached hydrogens (tertiary/aromatic N) is 2. The van der Waals surface area contributed by atoms with Gasteiger partial charge in [0.2, 0.25) is 0 Å². The molecule has 0 amide bonds. The minimum atomic E-state index is 0.0868. The molecule has 1 aliphatic carbocycles. The number of hydrogen-bond acceptors (Lipinski definition) is 0. The van der Waals surface area contributed by atoms with Gasteiger partial charge in [-0.05, 0) is 17.5 Å². The van der Waals surface area contributed by atoms with Gasteiger partial charge in [-0.15, -0.1) is 0 Å². The zero-order chi connectivity index (χ0) is 17.7.